The molecule has 0 saturated carbocycles. The van der Waals surface area contributed by atoms with Crippen LogP contribution in [-0.4, -0.2) is 13.1 Å². The molecule has 0 spiro atoms. The highest BCUT2D eigenvalue weighted by atomic mass is 35.5. The molecule has 0 unspecified atom stereocenters. The summed E-state index contributed by atoms with van der Waals surface area (Å²) in [5.74, 6) is -0.317. The summed E-state index contributed by atoms with van der Waals surface area (Å²) in [5.41, 5.74) is 2.78. The zero-order chi connectivity index (χ0) is 15.2. The fourth-order valence-electron chi connectivity index (χ4n) is 2.07. The van der Waals surface area contributed by atoms with Gasteiger partial charge in [0.2, 0.25) is 0 Å². The zero-order valence-electron chi connectivity index (χ0n) is 12.1. The summed E-state index contributed by atoms with van der Waals surface area (Å²) in [7, 11) is 1.38. The summed E-state index contributed by atoms with van der Waals surface area (Å²) in [6.45, 7) is 2.77. The highest BCUT2D eigenvalue weighted by Crippen LogP contribution is 2.17. The second kappa shape index (κ2) is 7.25. The Morgan fingerprint density at radius 2 is 1.95 bits per heavy atom. The Hall–Kier alpha value is -1.84. The molecule has 0 amide bonds. The predicted octanol–water partition coefficient (Wildman–Crippen LogP) is 3.98. The maximum Gasteiger partial charge on any atom is 0.337 e. The van der Waals surface area contributed by atoms with Gasteiger partial charge in [0.25, 0.3) is 0 Å². The number of carbonyl (C=O) groups excluding carboxylic acids is 1. The van der Waals surface area contributed by atoms with Gasteiger partial charge in [-0.15, -0.1) is 0 Å². The highest BCUT2D eigenvalue weighted by Gasteiger charge is 2.07. The van der Waals surface area contributed by atoms with Crippen molar-refractivity contribution in [1.82, 2.24) is 5.32 Å². The maximum atomic E-state index is 11.5. The summed E-state index contributed by atoms with van der Waals surface area (Å²) in [6.07, 6.45) is 0. The number of hydrogen-bond donors (Lipinski definition) is 1. The van der Waals surface area contributed by atoms with Gasteiger partial charge in [0, 0.05) is 17.6 Å². The molecule has 0 radical (unpaired) electrons. The van der Waals surface area contributed by atoms with Gasteiger partial charge in [-0.3, -0.25) is 0 Å². The predicted molar refractivity (Wildman–Crippen MR) is 84.5 cm³/mol. The summed E-state index contributed by atoms with van der Waals surface area (Å²) < 4.78 is 4.73. The van der Waals surface area contributed by atoms with Gasteiger partial charge in [-0.25, -0.2) is 4.79 Å². The van der Waals surface area contributed by atoms with E-state index in [0.29, 0.717) is 12.1 Å². The highest BCUT2D eigenvalue weighted by molar-refractivity contribution is 6.30. The molecule has 2 aromatic rings. The summed E-state index contributed by atoms with van der Waals surface area (Å²) in [5, 5.41) is 4.16. The van der Waals surface area contributed by atoms with Crippen LogP contribution >= 0.6 is 11.6 Å². The van der Waals surface area contributed by atoms with Crippen LogP contribution < -0.4 is 5.32 Å². The van der Waals surface area contributed by atoms with Gasteiger partial charge in [-0.05, 0) is 42.3 Å². The van der Waals surface area contributed by atoms with Gasteiger partial charge in [0.15, 0.2) is 0 Å². The number of nitrogens with one attached hydrogen (secondary N) is 1. The standard InChI is InChI=1S/C17H18ClNO2/c1-12(14-6-8-16(18)9-7-14)19-11-13-4-3-5-15(10-13)17(20)21-2/h3-10,12,19H,11H2,1-2H3/t12-/m0/s1. The molecule has 2 rings (SSSR count). The van der Waals surface area contributed by atoms with Crippen molar-refractivity contribution in [1.29, 1.82) is 0 Å². The molecule has 2 aromatic carbocycles. The second-order valence-electron chi connectivity index (χ2n) is 4.85. The first-order valence-corrected chi connectivity index (χ1v) is 7.14. The average molecular weight is 304 g/mol. The van der Waals surface area contributed by atoms with Crippen LogP contribution in [-0.2, 0) is 11.3 Å². The summed E-state index contributed by atoms with van der Waals surface area (Å²) in [4.78, 5) is 11.5. The molecule has 4 heteroatoms. The molecule has 0 heterocycles. The van der Waals surface area contributed by atoms with Crippen LogP contribution in [0.15, 0.2) is 48.5 Å². The van der Waals surface area contributed by atoms with Crippen LogP contribution in [0.5, 0.6) is 0 Å². The van der Waals surface area contributed by atoms with Gasteiger partial charge in [-0.2, -0.15) is 0 Å². The Morgan fingerprint density at radius 3 is 2.62 bits per heavy atom. The van der Waals surface area contributed by atoms with Gasteiger partial charge < -0.3 is 10.1 Å². The monoisotopic (exact) mass is 303 g/mol. The molecule has 0 aromatic heterocycles. The minimum absolute atomic E-state index is 0.198. The van der Waals surface area contributed by atoms with Crippen molar-refractivity contribution < 1.29 is 9.53 Å². The number of methoxy groups -OCH3 is 1. The Morgan fingerprint density at radius 1 is 1.24 bits per heavy atom. The number of halogens is 1. The molecule has 110 valence electrons. The van der Waals surface area contributed by atoms with Crippen LogP contribution in [0.1, 0.15) is 34.5 Å². The van der Waals surface area contributed by atoms with Crippen LogP contribution in [0.4, 0.5) is 0 Å². The van der Waals surface area contributed by atoms with Crippen molar-refractivity contribution in [2.45, 2.75) is 19.5 Å². The first kappa shape index (κ1) is 15.5. The minimum Gasteiger partial charge on any atom is -0.465 e. The first-order chi connectivity index (χ1) is 10.1. The Bertz CT molecular complexity index is 610. The van der Waals surface area contributed by atoms with Crippen molar-refractivity contribution in [2.24, 2.45) is 0 Å². The van der Waals surface area contributed by atoms with Crippen LogP contribution in [0.25, 0.3) is 0 Å². The molecular formula is C17H18ClNO2. The van der Waals surface area contributed by atoms with Gasteiger partial charge in [0.05, 0.1) is 12.7 Å². The van der Waals surface area contributed by atoms with E-state index in [1.165, 1.54) is 12.7 Å². The van der Waals surface area contributed by atoms with Crippen molar-refractivity contribution in [2.75, 3.05) is 7.11 Å². The third kappa shape index (κ3) is 4.31. The Kier molecular flexibility index (Phi) is 5.37. The third-order valence-corrected chi connectivity index (χ3v) is 3.58. The van der Waals surface area contributed by atoms with E-state index in [0.717, 1.165) is 10.6 Å². The van der Waals surface area contributed by atoms with Crippen molar-refractivity contribution in [3.05, 3.63) is 70.2 Å². The normalized spacial score (nSPS) is 12.0. The lowest BCUT2D eigenvalue weighted by atomic mass is 10.1. The van der Waals surface area contributed by atoms with Crippen molar-refractivity contribution in [3.8, 4) is 0 Å². The summed E-state index contributed by atoms with van der Waals surface area (Å²) >= 11 is 5.89. The number of ether oxygens (including phenoxy) is 1. The van der Waals surface area contributed by atoms with E-state index >= 15 is 0 Å². The Balaban J connectivity index is 1.99. The molecule has 0 aliphatic heterocycles. The van der Waals surface area contributed by atoms with E-state index in [1.54, 1.807) is 6.07 Å². The topological polar surface area (TPSA) is 38.3 Å². The SMILES string of the molecule is COC(=O)c1cccc(CN[C@@H](C)c2ccc(Cl)cc2)c1. The second-order valence-corrected chi connectivity index (χ2v) is 5.28. The molecule has 3 nitrogen and oxygen atoms in total. The molecule has 21 heavy (non-hydrogen) atoms. The zero-order valence-corrected chi connectivity index (χ0v) is 12.9. The van der Waals surface area contributed by atoms with Gasteiger partial charge in [0.1, 0.15) is 0 Å². The van der Waals surface area contributed by atoms with E-state index in [1.807, 2.05) is 42.5 Å². The lowest BCUT2D eigenvalue weighted by molar-refractivity contribution is 0.0600. The van der Waals surface area contributed by atoms with Gasteiger partial charge in [-0.1, -0.05) is 35.9 Å². The maximum absolute atomic E-state index is 11.5. The molecule has 0 saturated heterocycles. The fourth-order valence-corrected chi connectivity index (χ4v) is 2.19. The van der Waals surface area contributed by atoms with E-state index in [-0.39, 0.29) is 12.0 Å². The van der Waals surface area contributed by atoms with E-state index < -0.39 is 0 Å². The molecule has 0 aliphatic carbocycles. The van der Waals surface area contributed by atoms with Crippen LogP contribution in [0.3, 0.4) is 0 Å². The quantitative estimate of drug-likeness (QED) is 0.849. The van der Waals surface area contributed by atoms with E-state index in [4.69, 9.17) is 16.3 Å². The number of hydrogen-bond acceptors (Lipinski definition) is 3. The van der Waals surface area contributed by atoms with E-state index in [9.17, 15) is 4.79 Å². The fraction of sp³-hybridized carbons (Fsp3) is 0.235. The summed E-state index contributed by atoms with van der Waals surface area (Å²) in [6, 6.07) is 15.4. The Labute approximate surface area is 129 Å². The molecule has 0 fully saturated rings. The molecule has 1 N–H and O–H groups in total. The number of esters is 1. The largest absolute Gasteiger partial charge is 0.465 e. The minimum atomic E-state index is -0.317. The molecule has 1 atom stereocenters. The lowest BCUT2D eigenvalue weighted by Crippen LogP contribution is -2.18. The molecular weight excluding hydrogens is 286 g/mol. The lowest BCUT2D eigenvalue weighted by Gasteiger charge is -2.14. The van der Waals surface area contributed by atoms with Crippen molar-refractivity contribution in [3.63, 3.8) is 0 Å². The smallest absolute Gasteiger partial charge is 0.337 e. The first-order valence-electron chi connectivity index (χ1n) is 6.76. The average Bonchev–Trinajstić information content (AvgIpc) is 2.52. The van der Waals surface area contributed by atoms with Crippen LogP contribution in [0, 0.1) is 0 Å². The number of benzene rings is 2. The third-order valence-electron chi connectivity index (χ3n) is 3.33. The molecule has 0 aliphatic rings. The van der Waals surface area contributed by atoms with Crippen molar-refractivity contribution >= 4 is 17.6 Å². The number of rotatable bonds is 5. The number of carbonyl (C=O) groups is 1. The van der Waals surface area contributed by atoms with Crippen LogP contribution in [0.2, 0.25) is 5.02 Å². The molecule has 0 bridgehead atoms. The van der Waals surface area contributed by atoms with E-state index in [2.05, 4.69) is 12.2 Å². The van der Waals surface area contributed by atoms with Gasteiger partial charge >= 0.3 is 5.97 Å².